The summed E-state index contributed by atoms with van der Waals surface area (Å²) in [6.07, 6.45) is 6.05. The minimum absolute atomic E-state index is 0.171. The minimum Gasteiger partial charge on any atom is -0.480 e. The van der Waals surface area contributed by atoms with E-state index in [1.54, 1.807) is 0 Å². The first kappa shape index (κ1) is 14.5. The van der Waals surface area contributed by atoms with Crippen LogP contribution in [-0.2, 0) is 4.79 Å². The maximum Gasteiger partial charge on any atom is 0.317 e. The van der Waals surface area contributed by atoms with Crippen LogP contribution in [-0.4, -0.2) is 35.6 Å². The summed E-state index contributed by atoms with van der Waals surface area (Å²) in [5, 5.41) is 8.82. The average Bonchev–Trinajstić information content (AvgIpc) is 2.40. The maximum atomic E-state index is 10.7. The maximum absolute atomic E-state index is 10.7. The highest BCUT2D eigenvalue weighted by molar-refractivity contribution is 5.69. The van der Waals surface area contributed by atoms with Crippen molar-refractivity contribution in [2.45, 2.75) is 58.9 Å². The molecule has 0 amide bonds. The van der Waals surface area contributed by atoms with Crippen LogP contribution in [0, 0.1) is 11.3 Å². The lowest BCUT2D eigenvalue weighted by Gasteiger charge is -2.30. The predicted molar refractivity (Wildman–Crippen MR) is 70.1 cm³/mol. The molecule has 0 aromatic carbocycles. The van der Waals surface area contributed by atoms with Gasteiger partial charge in [0.15, 0.2) is 0 Å². The lowest BCUT2D eigenvalue weighted by molar-refractivity contribution is -0.138. The van der Waals surface area contributed by atoms with Crippen LogP contribution in [0.3, 0.4) is 0 Å². The highest BCUT2D eigenvalue weighted by Gasteiger charge is 2.29. The smallest absolute Gasteiger partial charge is 0.317 e. The third-order valence-corrected chi connectivity index (χ3v) is 4.17. The number of likely N-dealkylation sites (N-methyl/N-ethyl adjacent to an activating group) is 1. The van der Waals surface area contributed by atoms with Crippen LogP contribution in [0.1, 0.15) is 52.9 Å². The summed E-state index contributed by atoms with van der Waals surface area (Å²) in [6, 6.07) is 0.457. The van der Waals surface area contributed by atoms with Gasteiger partial charge in [-0.1, -0.05) is 27.2 Å². The molecule has 0 aromatic rings. The van der Waals surface area contributed by atoms with Crippen molar-refractivity contribution in [3.63, 3.8) is 0 Å². The fourth-order valence-corrected chi connectivity index (χ4v) is 2.93. The van der Waals surface area contributed by atoms with Gasteiger partial charge in [0.1, 0.15) is 0 Å². The molecule has 0 bridgehead atoms. The first-order valence-corrected chi connectivity index (χ1v) is 6.72. The fourth-order valence-electron chi connectivity index (χ4n) is 2.93. The van der Waals surface area contributed by atoms with Gasteiger partial charge in [-0.05, 0) is 44.1 Å². The molecule has 1 fully saturated rings. The Bertz CT molecular complexity index is 257. The second-order valence-electron chi connectivity index (χ2n) is 6.53. The van der Waals surface area contributed by atoms with Crippen LogP contribution >= 0.6 is 0 Å². The van der Waals surface area contributed by atoms with Crippen LogP contribution in [0.5, 0.6) is 0 Å². The molecule has 0 aromatic heterocycles. The molecule has 0 aliphatic heterocycles. The molecule has 2 atom stereocenters. The lowest BCUT2D eigenvalue weighted by Crippen LogP contribution is -2.35. The van der Waals surface area contributed by atoms with E-state index in [1.807, 2.05) is 11.9 Å². The SMILES string of the molecule is CN(CC(=O)O)C1CCCC(C(C)(C)C)CC1. The van der Waals surface area contributed by atoms with Crippen LogP contribution in [0.15, 0.2) is 0 Å². The highest BCUT2D eigenvalue weighted by Crippen LogP contribution is 2.37. The molecule has 17 heavy (non-hydrogen) atoms. The number of nitrogens with zero attached hydrogens (tertiary/aromatic N) is 1. The molecule has 0 heterocycles. The molecule has 1 aliphatic rings. The van der Waals surface area contributed by atoms with E-state index in [1.165, 1.54) is 19.3 Å². The Kier molecular flexibility index (Phi) is 4.99. The van der Waals surface area contributed by atoms with Crippen molar-refractivity contribution in [3.8, 4) is 0 Å². The highest BCUT2D eigenvalue weighted by atomic mass is 16.4. The summed E-state index contributed by atoms with van der Waals surface area (Å²) in [6.45, 7) is 7.13. The van der Waals surface area contributed by atoms with E-state index in [4.69, 9.17) is 5.11 Å². The lowest BCUT2D eigenvalue weighted by atomic mass is 9.76. The number of carboxylic acid groups (broad SMARTS) is 1. The third-order valence-electron chi connectivity index (χ3n) is 4.17. The molecule has 0 spiro atoms. The van der Waals surface area contributed by atoms with E-state index >= 15 is 0 Å². The molecule has 1 saturated carbocycles. The fraction of sp³-hybridized carbons (Fsp3) is 0.929. The molecular weight excluding hydrogens is 214 g/mol. The van der Waals surface area contributed by atoms with Gasteiger partial charge in [-0.25, -0.2) is 0 Å². The van der Waals surface area contributed by atoms with Crippen molar-refractivity contribution in [2.24, 2.45) is 11.3 Å². The molecular formula is C14H27NO2. The Balaban J connectivity index is 2.50. The number of carboxylic acids is 1. The van der Waals surface area contributed by atoms with Crippen LogP contribution < -0.4 is 0 Å². The van der Waals surface area contributed by atoms with Gasteiger partial charge in [0.25, 0.3) is 0 Å². The monoisotopic (exact) mass is 241 g/mol. The second-order valence-corrected chi connectivity index (χ2v) is 6.53. The molecule has 1 N–H and O–H groups in total. The van der Waals surface area contributed by atoms with Crippen LogP contribution in [0.4, 0.5) is 0 Å². The minimum atomic E-state index is -0.718. The Morgan fingerprint density at radius 3 is 2.41 bits per heavy atom. The molecule has 100 valence electrons. The van der Waals surface area contributed by atoms with Gasteiger partial charge >= 0.3 is 5.97 Å². The van der Waals surface area contributed by atoms with Crippen molar-refractivity contribution in [1.82, 2.24) is 4.90 Å². The van der Waals surface area contributed by atoms with E-state index in [-0.39, 0.29) is 6.54 Å². The van der Waals surface area contributed by atoms with Crippen molar-refractivity contribution in [2.75, 3.05) is 13.6 Å². The average molecular weight is 241 g/mol. The van der Waals surface area contributed by atoms with E-state index in [2.05, 4.69) is 20.8 Å². The Hall–Kier alpha value is -0.570. The van der Waals surface area contributed by atoms with Crippen LogP contribution in [0.25, 0.3) is 0 Å². The van der Waals surface area contributed by atoms with Gasteiger partial charge in [0.2, 0.25) is 0 Å². The Morgan fingerprint density at radius 1 is 1.24 bits per heavy atom. The molecule has 0 saturated heterocycles. The molecule has 3 nitrogen and oxygen atoms in total. The quantitative estimate of drug-likeness (QED) is 0.772. The largest absolute Gasteiger partial charge is 0.480 e. The van der Waals surface area contributed by atoms with E-state index in [0.29, 0.717) is 11.5 Å². The van der Waals surface area contributed by atoms with Gasteiger partial charge in [-0.2, -0.15) is 0 Å². The molecule has 1 aliphatic carbocycles. The number of hydrogen-bond acceptors (Lipinski definition) is 2. The summed E-state index contributed by atoms with van der Waals surface area (Å²) in [5.41, 5.74) is 0.389. The zero-order valence-corrected chi connectivity index (χ0v) is 11.7. The van der Waals surface area contributed by atoms with Gasteiger partial charge in [-0.15, -0.1) is 0 Å². The van der Waals surface area contributed by atoms with Gasteiger partial charge in [0, 0.05) is 6.04 Å². The van der Waals surface area contributed by atoms with Gasteiger partial charge in [-0.3, -0.25) is 9.69 Å². The van der Waals surface area contributed by atoms with Crippen LogP contribution in [0.2, 0.25) is 0 Å². The Morgan fingerprint density at radius 2 is 1.88 bits per heavy atom. The van der Waals surface area contributed by atoms with Gasteiger partial charge < -0.3 is 5.11 Å². The van der Waals surface area contributed by atoms with E-state index in [0.717, 1.165) is 18.8 Å². The van der Waals surface area contributed by atoms with E-state index < -0.39 is 5.97 Å². The number of carbonyl (C=O) groups is 1. The Labute approximate surface area is 105 Å². The molecule has 3 heteroatoms. The zero-order chi connectivity index (χ0) is 13.1. The number of aliphatic carboxylic acids is 1. The summed E-state index contributed by atoms with van der Waals surface area (Å²) in [5.74, 6) is 0.0647. The summed E-state index contributed by atoms with van der Waals surface area (Å²) in [4.78, 5) is 12.7. The molecule has 2 unspecified atom stereocenters. The first-order valence-electron chi connectivity index (χ1n) is 6.72. The summed E-state index contributed by atoms with van der Waals surface area (Å²) >= 11 is 0. The number of hydrogen-bond donors (Lipinski definition) is 1. The number of rotatable bonds is 3. The zero-order valence-electron chi connectivity index (χ0n) is 11.7. The van der Waals surface area contributed by atoms with E-state index in [9.17, 15) is 4.79 Å². The van der Waals surface area contributed by atoms with Crippen molar-refractivity contribution in [1.29, 1.82) is 0 Å². The second kappa shape index (κ2) is 5.85. The summed E-state index contributed by atoms with van der Waals surface area (Å²) in [7, 11) is 1.94. The van der Waals surface area contributed by atoms with Crippen molar-refractivity contribution in [3.05, 3.63) is 0 Å². The third kappa shape index (κ3) is 4.66. The van der Waals surface area contributed by atoms with Gasteiger partial charge in [0.05, 0.1) is 6.54 Å². The normalized spacial score (nSPS) is 26.9. The van der Waals surface area contributed by atoms with Crippen molar-refractivity contribution < 1.29 is 9.90 Å². The first-order chi connectivity index (χ1) is 7.80. The topological polar surface area (TPSA) is 40.5 Å². The molecule has 1 rings (SSSR count). The molecule has 0 radical (unpaired) electrons. The van der Waals surface area contributed by atoms with Crippen molar-refractivity contribution >= 4 is 5.97 Å². The predicted octanol–water partition coefficient (Wildman–Crippen LogP) is 3.00. The standard InChI is InChI=1S/C14H27NO2/c1-14(2,3)11-6-5-7-12(9-8-11)15(4)10-13(16)17/h11-12H,5-10H2,1-4H3,(H,16,17). The summed E-state index contributed by atoms with van der Waals surface area (Å²) < 4.78 is 0.